The van der Waals surface area contributed by atoms with Crippen LogP contribution in [0.3, 0.4) is 0 Å². The van der Waals surface area contributed by atoms with E-state index in [1.54, 1.807) is 11.9 Å². The Labute approximate surface area is 106 Å². The molecule has 1 N–H and O–H groups in total. The van der Waals surface area contributed by atoms with Crippen molar-refractivity contribution in [2.75, 3.05) is 20.4 Å². The Morgan fingerprint density at radius 3 is 1.94 bits per heavy atom. The van der Waals surface area contributed by atoms with Gasteiger partial charge in [-0.2, -0.15) is 0 Å². The maximum Gasteiger partial charge on any atom is 0.303 e. The van der Waals surface area contributed by atoms with Crippen LogP contribution in [0.5, 0.6) is 0 Å². The van der Waals surface area contributed by atoms with Gasteiger partial charge in [0.05, 0.1) is 0 Å². The van der Waals surface area contributed by atoms with Crippen molar-refractivity contribution >= 4 is 5.97 Å². The Kier molecular flexibility index (Phi) is 26.4. The van der Waals surface area contributed by atoms with Crippen molar-refractivity contribution in [2.24, 2.45) is 0 Å². The minimum Gasteiger partial charge on any atom is -0.481 e. The van der Waals surface area contributed by atoms with Crippen LogP contribution in [0.4, 0.5) is 4.39 Å². The average Bonchev–Trinajstić information content (AvgIpc) is 2.33. The first kappa shape index (κ1) is 21.6. The number of carbonyl (C=O) groups is 1. The predicted molar refractivity (Wildman–Crippen MR) is 72.0 cm³/mol. The molecule has 106 valence electrons. The number of unbranched alkanes of at least 4 members (excludes halogenated alkanes) is 2. The fourth-order valence-corrected chi connectivity index (χ4v) is 0.968. The quantitative estimate of drug-likeness (QED) is 0.550. The molecule has 0 aromatic carbocycles. The molecule has 0 aromatic rings. The van der Waals surface area contributed by atoms with E-state index in [4.69, 9.17) is 5.11 Å². The summed E-state index contributed by atoms with van der Waals surface area (Å²) in [6.07, 6.45) is 4.31. The maximum absolute atomic E-state index is 11.5. The maximum atomic E-state index is 11.5. The molecule has 0 bridgehead atoms. The third-order valence-corrected chi connectivity index (χ3v) is 1.80. The van der Waals surface area contributed by atoms with Gasteiger partial charge in [-0.1, -0.05) is 40.5 Å². The van der Waals surface area contributed by atoms with Gasteiger partial charge in [0, 0.05) is 6.42 Å². The Bertz CT molecular complexity index is 143. The average molecular weight is 251 g/mol. The van der Waals surface area contributed by atoms with E-state index in [1.807, 2.05) is 20.8 Å². The number of hydrogen-bond donors (Lipinski definition) is 1. The Hall–Kier alpha value is -0.640. The minimum absolute atomic E-state index is 0.326. The molecule has 0 saturated heterocycles. The smallest absolute Gasteiger partial charge is 0.303 e. The highest BCUT2D eigenvalue weighted by molar-refractivity contribution is 5.66. The molecule has 0 rings (SSSR count). The van der Waals surface area contributed by atoms with Gasteiger partial charge >= 0.3 is 5.97 Å². The van der Waals surface area contributed by atoms with Gasteiger partial charge in [0.25, 0.3) is 0 Å². The fraction of sp³-hybridized carbons (Fsp3) is 0.923. The lowest BCUT2D eigenvalue weighted by molar-refractivity contribution is -0.137. The van der Waals surface area contributed by atoms with Crippen LogP contribution < -0.4 is 0 Å². The highest BCUT2D eigenvalue weighted by Gasteiger charge is 1.92. The second kappa shape index (κ2) is 20.7. The van der Waals surface area contributed by atoms with Crippen LogP contribution in [0.15, 0.2) is 0 Å². The monoisotopic (exact) mass is 251 g/mol. The molecule has 3 nitrogen and oxygen atoms in total. The molecule has 17 heavy (non-hydrogen) atoms. The van der Waals surface area contributed by atoms with Crippen LogP contribution in [0.1, 0.15) is 59.8 Å². The molecular formula is C13H30FNO2. The summed E-state index contributed by atoms with van der Waals surface area (Å²) in [6.45, 7) is 8.62. The molecular weight excluding hydrogens is 221 g/mol. The SMILES string of the molecule is CC.CCCCCC(=O)O.CCCN(C)CF. The van der Waals surface area contributed by atoms with Gasteiger partial charge in [-0.25, -0.2) is 4.39 Å². The first-order chi connectivity index (χ1) is 8.08. The normalized spacial score (nSPS) is 8.88. The summed E-state index contributed by atoms with van der Waals surface area (Å²) in [5, 5.41) is 8.14. The van der Waals surface area contributed by atoms with E-state index in [1.165, 1.54) is 0 Å². The van der Waals surface area contributed by atoms with Crippen molar-refractivity contribution in [2.45, 2.75) is 59.8 Å². The molecule has 0 atom stereocenters. The zero-order valence-corrected chi connectivity index (χ0v) is 12.1. The van der Waals surface area contributed by atoms with E-state index in [-0.39, 0.29) is 6.80 Å². The number of aliphatic carboxylic acids is 1. The minimum atomic E-state index is -0.682. The van der Waals surface area contributed by atoms with Gasteiger partial charge in [-0.3, -0.25) is 9.69 Å². The van der Waals surface area contributed by atoms with Crippen LogP contribution in [-0.4, -0.2) is 36.4 Å². The van der Waals surface area contributed by atoms with E-state index in [0.717, 1.165) is 32.2 Å². The first-order valence-electron chi connectivity index (χ1n) is 6.54. The molecule has 0 heterocycles. The van der Waals surface area contributed by atoms with Gasteiger partial charge in [-0.05, 0) is 26.4 Å². The molecule has 0 spiro atoms. The lowest BCUT2D eigenvalue weighted by atomic mass is 10.2. The molecule has 0 amide bonds. The number of halogens is 1. The van der Waals surface area contributed by atoms with Gasteiger partial charge in [0.1, 0.15) is 6.80 Å². The number of nitrogens with zero attached hydrogens (tertiary/aromatic N) is 1. The molecule has 0 unspecified atom stereocenters. The van der Waals surface area contributed by atoms with Crippen LogP contribution in [0.25, 0.3) is 0 Å². The summed E-state index contributed by atoms with van der Waals surface area (Å²) in [4.78, 5) is 11.5. The molecule has 4 heteroatoms. The van der Waals surface area contributed by atoms with E-state index < -0.39 is 5.97 Å². The van der Waals surface area contributed by atoms with Crippen molar-refractivity contribution in [3.05, 3.63) is 0 Å². The third kappa shape index (κ3) is 31.3. The van der Waals surface area contributed by atoms with E-state index in [0.29, 0.717) is 6.42 Å². The van der Waals surface area contributed by atoms with E-state index >= 15 is 0 Å². The number of carboxylic acid groups (broad SMARTS) is 1. The van der Waals surface area contributed by atoms with E-state index in [2.05, 4.69) is 6.92 Å². The zero-order valence-electron chi connectivity index (χ0n) is 12.1. The van der Waals surface area contributed by atoms with Crippen LogP contribution in [0.2, 0.25) is 0 Å². The Morgan fingerprint density at radius 1 is 1.18 bits per heavy atom. The van der Waals surface area contributed by atoms with Gasteiger partial charge in [-0.15, -0.1) is 0 Å². The van der Waals surface area contributed by atoms with Crippen LogP contribution >= 0.6 is 0 Å². The summed E-state index contributed by atoms with van der Waals surface area (Å²) in [5.74, 6) is -0.682. The van der Waals surface area contributed by atoms with Gasteiger partial charge < -0.3 is 5.11 Å². The summed E-state index contributed by atoms with van der Waals surface area (Å²) >= 11 is 0. The number of hydrogen-bond acceptors (Lipinski definition) is 2. The molecule has 0 aliphatic rings. The fourth-order valence-electron chi connectivity index (χ4n) is 0.968. The summed E-state index contributed by atoms with van der Waals surface area (Å²) in [7, 11) is 1.77. The molecule has 0 radical (unpaired) electrons. The molecule has 0 saturated carbocycles. The van der Waals surface area contributed by atoms with Crippen molar-refractivity contribution < 1.29 is 14.3 Å². The largest absolute Gasteiger partial charge is 0.481 e. The summed E-state index contributed by atoms with van der Waals surface area (Å²) in [6, 6.07) is 0. The second-order valence-corrected chi connectivity index (χ2v) is 3.55. The second-order valence-electron chi connectivity index (χ2n) is 3.55. The van der Waals surface area contributed by atoms with Crippen LogP contribution in [-0.2, 0) is 4.79 Å². The number of carboxylic acids is 1. The van der Waals surface area contributed by atoms with Crippen molar-refractivity contribution in [1.29, 1.82) is 0 Å². The zero-order chi connectivity index (χ0) is 14.1. The lowest BCUT2D eigenvalue weighted by Crippen LogP contribution is -2.16. The summed E-state index contributed by atoms with van der Waals surface area (Å²) < 4.78 is 11.5. The molecule has 0 aliphatic carbocycles. The Balaban J connectivity index is -0.000000202. The number of rotatable bonds is 7. The van der Waals surface area contributed by atoms with Gasteiger partial charge in [0.2, 0.25) is 0 Å². The first-order valence-corrected chi connectivity index (χ1v) is 6.54. The van der Waals surface area contributed by atoms with Gasteiger partial charge in [0.15, 0.2) is 0 Å². The van der Waals surface area contributed by atoms with Crippen molar-refractivity contribution in [1.82, 2.24) is 4.90 Å². The highest BCUT2D eigenvalue weighted by atomic mass is 19.1. The molecule has 0 aliphatic heterocycles. The Morgan fingerprint density at radius 2 is 1.71 bits per heavy atom. The lowest BCUT2D eigenvalue weighted by Gasteiger charge is -2.07. The number of alkyl halides is 1. The predicted octanol–water partition coefficient (Wildman–Crippen LogP) is 3.93. The summed E-state index contributed by atoms with van der Waals surface area (Å²) in [5.41, 5.74) is 0. The standard InChI is InChI=1S/C6H12O2.C5H12FN.C2H6/c1-2-3-4-5-6(7)8;1-3-4-7(2)5-6;1-2/h2-5H2,1H3,(H,7,8);3-5H2,1-2H3;1-2H3. The van der Waals surface area contributed by atoms with Crippen molar-refractivity contribution in [3.8, 4) is 0 Å². The topological polar surface area (TPSA) is 40.5 Å². The molecule has 0 fully saturated rings. The molecule has 0 aromatic heterocycles. The highest BCUT2D eigenvalue weighted by Crippen LogP contribution is 1.97. The van der Waals surface area contributed by atoms with Crippen molar-refractivity contribution in [3.63, 3.8) is 0 Å². The van der Waals surface area contributed by atoms with Crippen LogP contribution in [0, 0.1) is 0 Å². The third-order valence-electron chi connectivity index (χ3n) is 1.80. The van der Waals surface area contributed by atoms with E-state index in [9.17, 15) is 9.18 Å².